The molecular formula is C12H23NO. The number of aliphatic hydroxyl groups excluding tert-OH is 1. The molecular weight excluding hydrogens is 174 g/mol. The van der Waals surface area contributed by atoms with Crippen LogP contribution in [0, 0.1) is 5.92 Å². The third-order valence-electron chi connectivity index (χ3n) is 4.01. The number of nitrogens with one attached hydrogen (secondary N) is 1. The van der Waals surface area contributed by atoms with Gasteiger partial charge in [-0.3, -0.25) is 0 Å². The summed E-state index contributed by atoms with van der Waals surface area (Å²) >= 11 is 0. The predicted octanol–water partition coefficient (Wildman–Crippen LogP) is 2.07. The lowest BCUT2D eigenvalue weighted by Crippen LogP contribution is -2.49. The Balaban J connectivity index is 1.64. The Kier molecular flexibility index (Phi) is 3.45. The smallest absolute Gasteiger partial charge is 0.0570 e. The van der Waals surface area contributed by atoms with E-state index in [4.69, 9.17) is 0 Å². The summed E-state index contributed by atoms with van der Waals surface area (Å²) in [6, 6.07) is 1.36. The first-order valence-corrected chi connectivity index (χ1v) is 6.22. The molecule has 0 aliphatic heterocycles. The minimum absolute atomic E-state index is 0.0144. The maximum absolute atomic E-state index is 9.19. The van der Waals surface area contributed by atoms with Gasteiger partial charge in [0.25, 0.3) is 0 Å². The van der Waals surface area contributed by atoms with Crippen LogP contribution < -0.4 is 5.32 Å². The lowest BCUT2D eigenvalue weighted by molar-refractivity contribution is 0.0540. The van der Waals surface area contributed by atoms with E-state index in [2.05, 4.69) is 12.2 Å². The van der Waals surface area contributed by atoms with Crippen molar-refractivity contribution in [2.24, 2.45) is 5.92 Å². The summed E-state index contributed by atoms with van der Waals surface area (Å²) in [7, 11) is 0. The molecule has 0 radical (unpaired) electrons. The van der Waals surface area contributed by atoms with Gasteiger partial charge in [0.05, 0.1) is 6.10 Å². The topological polar surface area (TPSA) is 32.3 Å². The summed E-state index contributed by atoms with van der Waals surface area (Å²) in [4.78, 5) is 0. The van der Waals surface area contributed by atoms with E-state index >= 15 is 0 Å². The van der Waals surface area contributed by atoms with Crippen molar-refractivity contribution >= 4 is 0 Å². The highest BCUT2D eigenvalue weighted by molar-refractivity contribution is 4.88. The highest BCUT2D eigenvalue weighted by atomic mass is 16.3. The van der Waals surface area contributed by atoms with Crippen LogP contribution in [0.2, 0.25) is 0 Å². The third kappa shape index (κ3) is 2.48. The standard InChI is InChI=1S/C12H23NO/c1-2-9-3-5-10(6-4-9)13-11-7-12(14)8-11/h9-14H,2-8H2,1H3. The van der Waals surface area contributed by atoms with Crippen molar-refractivity contribution in [3.8, 4) is 0 Å². The molecule has 0 heterocycles. The molecule has 0 atom stereocenters. The van der Waals surface area contributed by atoms with Gasteiger partial charge in [-0.2, -0.15) is 0 Å². The van der Waals surface area contributed by atoms with Gasteiger partial charge in [0.1, 0.15) is 0 Å². The fourth-order valence-corrected chi connectivity index (χ4v) is 2.79. The second kappa shape index (κ2) is 4.63. The van der Waals surface area contributed by atoms with E-state index in [1.807, 2.05) is 0 Å². The lowest BCUT2D eigenvalue weighted by atomic mass is 9.82. The molecule has 2 fully saturated rings. The van der Waals surface area contributed by atoms with Gasteiger partial charge < -0.3 is 10.4 Å². The molecule has 0 aromatic heterocycles. The van der Waals surface area contributed by atoms with E-state index in [0.717, 1.165) is 24.8 Å². The molecule has 0 saturated heterocycles. The number of hydrogen-bond donors (Lipinski definition) is 2. The number of rotatable bonds is 3. The normalized spacial score (nSPS) is 43.3. The highest BCUT2D eigenvalue weighted by Crippen LogP contribution is 2.28. The van der Waals surface area contributed by atoms with Gasteiger partial charge in [-0.1, -0.05) is 13.3 Å². The quantitative estimate of drug-likeness (QED) is 0.726. The largest absolute Gasteiger partial charge is 0.393 e. The molecule has 2 nitrogen and oxygen atoms in total. The van der Waals surface area contributed by atoms with Crippen LogP contribution in [0.1, 0.15) is 51.9 Å². The van der Waals surface area contributed by atoms with E-state index in [0.29, 0.717) is 6.04 Å². The number of aliphatic hydroxyl groups is 1. The molecule has 2 N–H and O–H groups in total. The summed E-state index contributed by atoms with van der Waals surface area (Å²) < 4.78 is 0. The molecule has 82 valence electrons. The van der Waals surface area contributed by atoms with Crippen LogP contribution in [-0.2, 0) is 0 Å². The van der Waals surface area contributed by atoms with E-state index < -0.39 is 0 Å². The average Bonchev–Trinajstić information content (AvgIpc) is 2.17. The molecule has 0 amide bonds. The predicted molar refractivity (Wildman–Crippen MR) is 58.2 cm³/mol. The fraction of sp³-hybridized carbons (Fsp3) is 1.00. The monoisotopic (exact) mass is 197 g/mol. The molecule has 2 heteroatoms. The second-order valence-electron chi connectivity index (χ2n) is 5.11. The van der Waals surface area contributed by atoms with Gasteiger partial charge in [-0.15, -0.1) is 0 Å². The van der Waals surface area contributed by atoms with Crippen molar-refractivity contribution in [1.29, 1.82) is 0 Å². The summed E-state index contributed by atoms with van der Waals surface area (Å²) in [5.41, 5.74) is 0. The summed E-state index contributed by atoms with van der Waals surface area (Å²) in [5.74, 6) is 0.986. The Morgan fingerprint density at radius 1 is 1.07 bits per heavy atom. The minimum atomic E-state index is -0.0144. The van der Waals surface area contributed by atoms with Crippen LogP contribution >= 0.6 is 0 Å². The molecule has 0 unspecified atom stereocenters. The first-order valence-electron chi connectivity index (χ1n) is 6.22. The Bertz CT molecular complexity index is 169. The molecule has 0 bridgehead atoms. The fourth-order valence-electron chi connectivity index (χ4n) is 2.79. The lowest BCUT2D eigenvalue weighted by Gasteiger charge is -2.38. The Morgan fingerprint density at radius 2 is 1.71 bits per heavy atom. The van der Waals surface area contributed by atoms with Crippen molar-refractivity contribution in [1.82, 2.24) is 5.32 Å². The van der Waals surface area contributed by atoms with E-state index in [-0.39, 0.29) is 6.10 Å². The van der Waals surface area contributed by atoms with Crippen LogP contribution in [0.25, 0.3) is 0 Å². The Hall–Kier alpha value is -0.0800. The summed E-state index contributed by atoms with van der Waals surface area (Å²) in [6.07, 6.45) is 8.82. The van der Waals surface area contributed by atoms with Gasteiger partial charge >= 0.3 is 0 Å². The first-order chi connectivity index (χ1) is 6.78. The molecule has 0 spiro atoms. The second-order valence-corrected chi connectivity index (χ2v) is 5.11. The SMILES string of the molecule is CCC1CCC(NC2CC(O)C2)CC1. The number of hydrogen-bond acceptors (Lipinski definition) is 2. The first kappa shape index (κ1) is 10.4. The summed E-state index contributed by atoms with van der Waals surface area (Å²) in [6.45, 7) is 2.31. The van der Waals surface area contributed by atoms with Crippen LogP contribution in [0.4, 0.5) is 0 Å². The third-order valence-corrected chi connectivity index (χ3v) is 4.01. The van der Waals surface area contributed by atoms with E-state index in [1.165, 1.54) is 32.1 Å². The molecule has 2 aliphatic carbocycles. The summed E-state index contributed by atoms with van der Waals surface area (Å²) in [5, 5.41) is 12.9. The minimum Gasteiger partial charge on any atom is -0.393 e. The molecule has 0 aromatic rings. The average molecular weight is 197 g/mol. The van der Waals surface area contributed by atoms with Crippen molar-refractivity contribution in [2.75, 3.05) is 0 Å². The maximum atomic E-state index is 9.19. The van der Waals surface area contributed by atoms with Crippen molar-refractivity contribution in [3.63, 3.8) is 0 Å². The van der Waals surface area contributed by atoms with Gasteiger partial charge in [0, 0.05) is 12.1 Å². The van der Waals surface area contributed by atoms with Crippen LogP contribution in [0.3, 0.4) is 0 Å². The Labute approximate surface area is 87.1 Å². The molecule has 2 saturated carbocycles. The van der Waals surface area contributed by atoms with Gasteiger partial charge in [-0.05, 0) is 44.4 Å². The van der Waals surface area contributed by atoms with Crippen molar-refractivity contribution in [3.05, 3.63) is 0 Å². The maximum Gasteiger partial charge on any atom is 0.0570 e. The zero-order chi connectivity index (χ0) is 9.97. The molecule has 2 aliphatic rings. The molecule has 14 heavy (non-hydrogen) atoms. The van der Waals surface area contributed by atoms with Crippen LogP contribution in [0.15, 0.2) is 0 Å². The van der Waals surface area contributed by atoms with Crippen molar-refractivity contribution in [2.45, 2.75) is 70.1 Å². The Morgan fingerprint density at radius 3 is 2.21 bits per heavy atom. The van der Waals surface area contributed by atoms with Crippen LogP contribution in [-0.4, -0.2) is 23.3 Å². The zero-order valence-electron chi connectivity index (χ0n) is 9.21. The van der Waals surface area contributed by atoms with Crippen LogP contribution in [0.5, 0.6) is 0 Å². The van der Waals surface area contributed by atoms with E-state index in [9.17, 15) is 5.11 Å². The van der Waals surface area contributed by atoms with Gasteiger partial charge in [0.15, 0.2) is 0 Å². The van der Waals surface area contributed by atoms with Crippen molar-refractivity contribution < 1.29 is 5.11 Å². The van der Waals surface area contributed by atoms with Gasteiger partial charge in [0.2, 0.25) is 0 Å². The highest BCUT2D eigenvalue weighted by Gasteiger charge is 2.30. The van der Waals surface area contributed by atoms with Gasteiger partial charge in [-0.25, -0.2) is 0 Å². The zero-order valence-corrected chi connectivity index (χ0v) is 9.21. The van der Waals surface area contributed by atoms with E-state index in [1.54, 1.807) is 0 Å². The molecule has 2 rings (SSSR count). The molecule has 0 aromatic carbocycles.